The van der Waals surface area contributed by atoms with Gasteiger partial charge in [0, 0.05) is 32.4 Å². The lowest BCUT2D eigenvalue weighted by atomic mass is 10.2. The van der Waals surface area contributed by atoms with E-state index in [0.29, 0.717) is 12.4 Å². The Labute approximate surface area is 123 Å². The maximum atomic E-state index is 6.30. The fraction of sp³-hybridized carbons (Fsp3) is 0.429. The first-order valence-electron chi connectivity index (χ1n) is 6.55. The number of aryl methyl sites for hydroxylation is 2. The number of methoxy groups -OCH3 is 1. The van der Waals surface area contributed by atoms with Crippen molar-refractivity contribution in [2.45, 2.75) is 26.4 Å². The van der Waals surface area contributed by atoms with Crippen LogP contribution in [0.5, 0.6) is 5.88 Å². The molecule has 2 aromatic rings. The summed E-state index contributed by atoms with van der Waals surface area (Å²) in [5.74, 6) is 0.621. The van der Waals surface area contributed by atoms with Crippen LogP contribution >= 0.6 is 11.6 Å². The number of rotatable bonds is 6. The smallest absolute Gasteiger partial charge is 0.212 e. The van der Waals surface area contributed by atoms with E-state index in [-0.39, 0.29) is 0 Å². The Morgan fingerprint density at radius 3 is 2.70 bits per heavy atom. The van der Waals surface area contributed by atoms with E-state index in [0.717, 1.165) is 34.9 Å². The van der Waals surface area contributed by atoms with Crippen LogP contribution in [0.3, 0.4) is 0 Å². The molecule has 20 heavy (non-hydrogen) atoms. The van der Waals surface area contributed by atoms with Crippen molar-refractivity contribution >= 4 is 11.6 Å². The highest BCUT2D eigenvalue weighted by atomic mass is 35.5. The zero-order valence-electron chi connectivity index (χ0n) is 12.0. The molecule has 1 N–H and O–H groups in total. The molecule has 0 saturated heterocycles. The maximum absolute atomic E-state index is 6.30. The van der Waals surface area contributed by atoms with E-state index in [9.17, 15) is 0 Å². The summed E-state index contributed by atoms with van der Waals surface area (Å²) in [6, 6.07) is 3.84. The second kappa shape index (κ2) is 6.72. The summed E-state index contributed by atoms with van der Waals surface area (Å²) < 4.78 is 6.86. The quantitative estimate of drug-likeness (QED) is 0.888. The summed E-state index contributed by atoms with van der Waals surface area (Å²) in [6.45, 7) is 3.45. The second-order valence-corrected chi connectivity index (χ2v) is 4.87. The molecule has 0 aliphatic rings. The summed E-state index contributed by atoms with van der Waals surface area (Å²) >= 11 is 6.30. The van der Waals surface area contributed by atoms with Crippen molar-refractivity contribution in [3.05, 3.63) is 40.3 Å². The van der Waals surface area contributed by atoms with Crippen molar-refractivity contribution in [3.63, 3.8) is 0 Å². The van der Waals surface area contributed by atoms with Crippen molar-refractivity contribution in [1.29, 1.82) is 0 Å². The standard InChI is InChI=1S/C14H19ClN4O/c1-4-11-14(15)12(19(2)18-11)9-16-7-10-5-6-13(20-3)17-8-10/h5-6,8,16H,4,7,9H2,1-3H3. The third-order valence-corrected chi connectivity index (χ3v) is 3.57. The van der Waals surface area contributed by atoms with Gasteiger partial charge in [0.15, 0.2) is 0 Å². The SMILES string of the molecule is CCc1nn(C)c(CNCc2ccc(OC)nc2)c1Cl. The number of halogens is 1. The summed E-state index contributed by atoms with van der Waals surface area (Å²) in [5.41, 5.74) is 3.04. The lowest BCUT2D eigenvalue weighted by molar-refractivity contribution is 0.397. The van der Waals surface area contributed by atoms with E-state index in [4.69, 9.17) is 16.3 Å². The minimum Gasteiger partial charge on any atom is -0.481 e. The summed E-state index contributed by atoms with van der Waals surface area (Å²) in [7, 11) is 3.52. The zero-order valence-corrected chi connectivity index (χ0v) is 12.7. The minimum atomic E-state index is 0.621. The molecule has 0 saturated carbocycles. The Morgan fingerprint density at radius 1 is 1.35 bits per heavy atom. The van der Waals surface area contributed by atoms with Gasteiger partial charge < -0.3 is 10.1 Å². The van der Waals surface area contributed by atoms with Gasteiger partial charge in [-0.05, 0) is 12.0 Å². The number of ether oxygens (including phenoxy) is 1. The monoisotopic (exact) mass is 294 g/mol. The summed E-state index contributed by atoms with van der Waals surface area (Å²) in [6.07, 6.45) is 2.64. The molecule has 2 rings (SSSR count). The number of nitrogens with one attached hydrogen (secondary N) is 1. The number of aromatic nitrogens is 3. The summed E-state index contributed by atoms with van der Waals surface area (Å²) in [4.78, 5) is 4.17. The maximum Gasteiger partial charge on any atom is 0.212 e. The number of hydrogen-bond donors (Lipinski definition) is 1. The molecule has 2 aromatic heterocycles. The molecule has 0 spiro atoms. The molecule has 0 radical (unpaired) electrons. The van der Waals surface area contributed by atoms with Crippen LogP contribution in [0.15, 0.2) is 18.3 Å². The number of nitrogens with zero attached hydrogens (tertiary/aromatic N) is 3. The molecule has 0 aromatic carbocycles. The van der Waals surface area contributed by atoms with Gasteiger partial charge in [0.1, 0.15) is 0 Å². The lowest BCUT2D eigenvalue weighted by Crippen LogP contribution is -2.15. The van der Waals surface area contributed by atoms with Gasteiger partial charge in [0.2, 0.25) is 5.88 Å². The fourth-order valence-corrected chi connectivity index (χ4v) is 2.33. The minimum absolute atomic E-state index is 0.621. The largest absolute Gasteiger partial charge is 0.481 e. The Morgan fingerprint density at radius 2 is 2.15 bits per heavy atom. The first-order valence-corrected chi connectivity index (χ1v) is 6.93. The molecule has 0 fully saturated rings. The molecule has 108 valence electrons. The highest BCUT2D eigenvalue weighted by Crippen LogP contribution is 2.20. The molecule has 0 aliphatic heterocycles. The molecule has 0 amide bonds. The summed E-state index contributed by atoms with van der Waals surface area (Å²) in [5, 5.41) is 8.50. The van der Waals surface area contributed by atoms with E-state index in [1.807, 2.05) is 23.9 Å². The van der Waals surface area contributed by atoms with Crippen LogP contribution in [-0.4, -0.2) is 21.9 Å². The molecule has 0 atom stereocenters. The Hall–Kier alpha value is -1.59. The third kappa shape index (κ3) is 3.29. The average Bonchev–Trinajstić information content (AvgIpc) is 2.75. The zero-order chi connectivity index (χ0) is 14.5. The van der Waals surface area contributed by atoms with Crippen LogP contribution in [0.4, 0.5) is 0 Å². The Bertz CT molecular complexity index is 565. The van der Waals surface area contributed by atoms with Gasteiger partial charge >= 0.3 is 0 Å². The first-order chi connectivity index (χ1) is 9.65. The molecule has 0 unspecified atom stereocenters. The molecule has 5 nitrogen and oxygen atoms in total. The molecule has 6 heteroatoms. The Balaban J connectivity index is 1.94. The molecular weight excluding hydrogens is 276 g/mol. The number of hydrogen-bond acceptors (Lipinski definition) is 4. The van der Waals surface area contributed by atoms with Gasteiger partial charge in [-0.15, -0.1) is 0 Å². The van der Waals surface area contributed by atoms with E-state index < -0.39 is 0 Å². The second-order valence-electron chi connectivity index (χ2n) is 4.50. The van der Waals surface area contributed by atoms with Gasteiger partial charge in [0.05, 0.1) is 23.5 Å². The van der Waals surface area contributed by atoms with Crippen molar-refractivity contribution in [2.24, 2.45) is 7.05 Å². The van der Waals surface area contributed by atoms with Crippen LogP contribution in [0.1, 0.15) is 23.9 Å². The van der Waals surface area contributed by atoms with Crippen LogP contribution in [-0.2, 0) is 26.6 Å². The highest BCUT2D eigenvalue weighted by molar-refractivity contribution is 6.31. The topological polar surface area (TPSA) is 52.0 Å². The molecular formula is C14H19ClN4O. The Kier molecular flexibility index (Phi) is 4.98. The van der Waals surface area contributed by atoms with Gasteiger partial charge in [-0.2, -0.15) is 5.10 Å². The fourth-order valence-electron chi connectivity index (χ4n) is 1.97. The first kappa shape index (κ1) is 14.8. The predicted octanol–water partition coefficient (Wildman–Crippen LogP) is 2.33. The lowest BCUT2D eigenvalue weighted by Gasteiger charge is -2.06. The predicted molar refractivity (Wildman–Crippen MR) is 78.9 cm³/mol. The molecule has 0 bridgehead atoms. The van der Waals surface area contributed by atoms with Gasteiger partial charge in [0.25, 0.3) is 0 Å². The third-order valence-electron chi connectivity index (χ3n) is 3.13. The van der Waals surface area contributed by atoms with Crippen molar-refractivity contribution in [1.82, 2.24) is 20.1 Å². The van der Waals surface area contributed by atoms with Crippen LogP contribution < -0.4 is 10.1 Å². The van der Waals surface area contributed by atoms with Gasteiger partial charge in [-0.25, -0.2) is 4.98 Å². The average molecular weight is 295 g/mol. The normalized spacial score (nSPS) is 10.8. The van der Waals surface area contributed by atoms with Crippen LogP contribution in [0.25, 0.3) is 0 Å². The highest BCUT2D eigenvalue weighted by Gasteiger charge is 2.12. The van der Waals surface area contributed by atoms with Crippen molar-refractivity contribution in [3.8, 4) is 5.88 Å². The van der Waals surface area contributed by atoms with E-state index in [1.54, 1.807) is 13.3 Å². The molecule has 0 aliphatic carbocycles. The van der Waals surface area contributed by atoms with Gasteiger partial charge in [-0.3, -0.25) is 4.68 Å². The van der Waals surface area contributed by atoms with E-state index >= 15 is 0 Å². The number of pyridine rings is 1. The van der Waals surface area contributed by atoms with Crippen LogP contribution in [0.2, 0.25) is 5.02 Å². The van der Waals surface area contributed by atoms with E-state index in [2.05, 4.69) is 22.3 Å². The van der Waals surface area contributed by atoms with E-state index in [1.165, 1.54) is 0 Å². The van der Waals surface area contributed by atoms with Crippen LogP contribution in [0, 0.1) is 0 Å². The van der Waals surface area contributed by atoms with Crippen molar-refractivity contribution < 1.29 is 4.74 Å². The van der Waals surface area contributed by atoms with Crippen molar-refractivity contribution in [2.75, 3.05) is 7.11 Å². The van der Waals surface area contributed by atoms with Gasteiger partial charge in [-0.1, -0.05) is 24.6 Å². The molecule has 2 heterocycles.